The van der Waals surface area contributed by atoms with E-state index < -0.39 is 5.97 Å². The van der Waals surface area contributed by atoms with Crippen molar-refractivity contribution in [2.45, 2.75) is 32.6 Å². The van der Waals surface area contributed by atoms with E-state index in [-0.39, 0.29) is 0 Å². The van der Waals surface area contributed by atoms with Crippen molar-refractivity contribution >= 4 is 17.3 Å². The molecule has 0 radical (unpaired) electrons. The fraction of sp³-hybridized carbons (Fsp3) is 0.562. The van der Waals surface area contributed by atoms with Crippen molar-refractivity contribution in [1.82, 2.24) is 0 Å². The van der Waals surface area contributed by atoms with E-state index in [4.69, 9.17) is 10.5 Å². The smallest absolute Gasteiger partial charge is 0.340 e. The molecule has 1 fully saturated rings. The molecule has 0 aliphatic heterocycles. The number of hydrogen-bond donors (Lipinski definition) is 2. The van der Waals surface area contributed by atoms with Gasteiger partial charge in [0.15, 0.2) is 0 Å². The first-order valence-corrected chi connectivity index (χ1v) is 7.32. The number of carbonyl (C=O) groups is 1. The predicted molar refractivity (Wildman–Crippen MR) is 81.8 cm³/mol. The maximum Gasteiger partial charge on any atom is 0.340 e. The van der Waals surface area contributed by atoms with Crippen LogP contribution in [0, 0.1) is 11.8 Å². The molecule has 4 heteroatoms. The molecule has 20 heavy (non-hydrogen) atoms. The molecule has 1 saturated carbocycles. The Labute approximate surface area is 120 Å². The molecule has 0 saturated heterocycles. The summed E-state index contributed by atoms with van der Waals surface area (Å²) >= 11 is 0. The molecule has 0 spiro atoms. The lowest BCUT2D eigenvalue weighted by Gasteiger charge is -2.26. The lowest BCUT2D eigenvalue weighted by atomic mass is 9.83. The van der Waals surface area contributed by atoms with Crippen LogP contribution in [0.4, 0.5) is 11.4 Å². The number of carbonyl (C=O) groups excluding carboxylic acids is 1. The van der Waals surface area contributed by atoms with Crippen LogP contribution in [0.5, 0.6) is 0 Å². The summed E-state index contributed by atoms with van der Waals surface area (Å²) in [6, 6.07) is 5.43. The first-order chi connectivity index (χ1) is 9.61. The van der Waals surface area contributed by atoms with E-state index >= 15 is 0 Å². The van der Waals surface area contributed by atoms with E-state index in [0.717, 1.165) is 18.2 Å². The molecule has 0 atom stereocenters. The van der Waals surface area contributed by atoms with Crippen molar-refractivity contribution in [2.24, 2.45) is 11.8 Å². The number of esters is 1. The molecule has 1 aliphatic carbocycles. The largest absolute Gasteiger partial charge is 0.465 e. The first kappa shape index (κ1) is 14.7. The van der Waals surface area contributed by atoms with Gasteiger partial charge < -0.3 is 15.8 Å². The van der Waals surface area contributed by atoms with E-state index in [1.807, 2.05) is 12.1 Å². The summed E-state index contributed by atoms with van der Waals surface area (Å²) < 4.78 is 4.73. The molecule has 4 nitrogen and oxygen atoms in total. The SMILES string of the molecule is COC(=O)c1cccc(NCC2CCC(C)CC2)c1N. The number of rotatable bonds is 4. The maximum atomic E-state index is 11.6. The number of benzene rings is 1. The van der Waals surface area contributed by atoms with Gasteiger partial charge in [0.1, 0.15) is 0 Å². The van der Waals surface area contributed by atoms with Gasteiger partial charge in [-0.3, -0.25) is 0 Å². The number of para-hydroxylation sites is 1. The molecule has 0 amide bonds. The topological polar surface area (TPSA) is 64.3 Å². The molecule has 110 valence electrons. The van der Waals surface area contributed by atoms with Crippen molar-refractivity contribution in [1.29, 1.82) is 0 Å². The van der Waals surface area contributed by atoms with Crippen LogP contribution in [-0.2, 0) is 4.74 Å². The third-order valence-corrected chi connectivity index (χ3v) is 4.23. The van der Waals surface area contributed by atoms with Gasteiger partial charge in [0.05, 0.1) is 24.0 Å². The highest BCUT2D eigenvalue weighted by Crippen LogP contribution is 2.29. The number of nitrogen functional groups attached to an aromatic ring is 1. The second-order valence-electron chi connectivity index (χ2n) is 5.77. The zero-order valence-electron chi connectivity index (χ0n) is 12.3. The van der Waals surface area contributed by atoms with Crippen LogP contribution in [0.3, 0.4) is 0 Å². The lowest BCUT2D eigenvalue weighted by molar-refractivity contribution is 0.0602. The Kier molecular flexibility index (Phi) is 4.88. The minimum absolute atomic E-state index is 0.391. The average molecular weight is 276 g/mol. The van der Waals surface area contributed by atoms with Gasteiger partial charge in [-0.05, 0) is 36.8 Å². The quantitative estimate of drug-likeness (QED) is 0.654. The number of nitrogens with one attached hydrogen (secondary N) is 1. The highest BCUT2D eigenvalue weighted by molar-refractivity contribution is 5.98. The van der Waals surface area contributed by atoms with Crippen LogP contribution in [0.15, 0.2) is 18.2 Å². The van der Waals surface area contributed by atoms with Gasteiger partial charge in [0.2, 0.25) is 0 Å². The molecular weight excluding hydrogens is 252 g/mol. The van der Waals surface area contributed by atoms with Crippen LogP contribution in [0.2, 0.25) is 0 Å². The monoisotopic (exact) mass is 276 g/mol. The molecule has 1 aliphatic rings. The Morgan fingerprint density at radius 3 is 2.70 bits per heavy atom. The van der Waals surface area contributed by atoms with Gasteiger partial charge in [-0.15, -0.1) is 0 Å². The van der Waals surface area contributed by atoms with Gasteiger partial charge in [-0.1, -0.05) is 25.8 Å². The second kappa shape index (κ2) is 6.64. The number of anilines is 2. The Hall–Kier alpha value is -1.71. The molecule has 0 unspecified atom stereocenters. The Bertz CT molecular complexity index is 466. The standard InChI is InChI=1S/C16H24N2O2/c1-11-6-8-12(9-7-11)10-18-14-5-3-4-13(15(14)17)16(19)20-2/h3-5,11-12,18H,6-10,17H2,1-2H3. The van der Waals surface area contributed by atoms with Gasteiger partial charge in [0.25, 0.3) is 0 Å². The number of methoxy groups -OCH3 is 1. The normalized spacial score (nSPS) is 22.3. The summed E-state index contributed by atoms with van der Waals surface area (Å²) in [5, 5.41) is 3.38. The third kappa shape index (κ3) is 3.44. The van der Waals surface area contributed by atoms with Crippen molar-refractivity contribution in [2.75, 3.05) is 24.7 Å². The zero-order chi connectivity index (χ0) is 14.5. The summed E-state index contributed by atoms with van der Waals surface area (Å²) in [4.78, 5) is 11.6. The molecule has 0 bridgehead atoms. The summed E-state index contributed by atoms with van der Waals surface area (Å²) in [6.07, 6.45) is 5.16. The van der Waals surface area contributed by atoms with Gasteiger partial charge >= 0.3 is 5.97 Å². The summed E-state index contributed by atoms with van der Waals surface area (Å²) in [5.74, 6) is 1.17. The minimum atomic E-state index is -0.391. The molecule has 3 N–H and O–H groups in total. The fourth-order valence-corrected chi connectivity index (χ4v) is 2.79. The number of ether oxygens (including phenoxy) is 1. The molecule has 0 heterocycles. The summed E-state index contributed by atoms with van der Waals surface area (Å²) in [7, 11) is 1.37. The van der Waals surface area contributed by atoms with E-state index in [1.54, 1.807) is 6.07 Å². The molecule has 2 rings (SSSR count). The first-order valence-electron chi connectivity index (χ1n) is 7.32. The average Bonchev–Trinajstić information content (AvgIpc) is 2.47. The summed E-state index contributed by atoms with van der Waals surface area (Å²) in [6.45, 7) is 3.24. The lowest BCUT2D eigenvalue weighted by Crippen LogP contribution is -2.21. The highest BCUT2D eigenvalue weighted by atomic mass is 16.5. The fourth-order valence-electron chi connectivity index (χ4n) is 2.79. The predicted octanol–water partition coefficient (Wildman–Crippen LogP) is 3.29. The Balaban J connectivity index is 1.98. The van der Waals surface area contributed by atoms with Crippen LogP contribution in [0.25, 0.3) is 0 Å². The molecular formula is C16H24N2O2. The van der Waals surface area contributed by atoms with E-state index in [2.05, 4.69) is 12.2 Å². The van der Waals surface area contributed by atoms with Crippen molar-refractivity contribution in [3.8, 4) is 0 Å². The molecule has 1 aromatic carbocycles. The third-order valence-electron chi connectivity index (χ3n) is 4.23. The van der Waals surface area contributed by atoms with Crippen molar-refractivity contribution < 1.29 is 9.53 Å². The molecule has 1 aromatic rings. The van der Waals surface area contributed by atoms with Crippen LogP contribution >= 0.6 is 0 Å². The van der Waals surface area contributed by atoms with Crippen molar-refractivity contribution in [3.05, 3.63) is 23.8 Å². The second-order valence-corrected chi connectivity index (χ2v) is 5.77. The minimum Gasteiger partial charge on any atom is -0.465 e. The highest BCUT2D eigenvalue weighted by Gasteiger charge is 2.19. The maximum absolute atomic E-state index is 11.6. The van der Waals surface area contributed by atoms with E-state index in [1.165, 1.54) is 32.8 Å². The van der Waals surface area contributed by atoms with Gasteiger partial charge in [-0.2, -0.15) is 0 Å². The molecule has 0 aromatic heterocycles. The Morgan fingerprint density at radius 2 is 2.05 bits per heavy atom. The van der Waals surface area contributed by atoms with Gasteiger partial charge in [0, 0.05) is 6.54 Å². The zero-order valence-corrected chi connectivity index (χ0v) is 12.3. The van der Waals surface area contributed by atoms with E-state index in [0.29, 0.717) is 17.2 Å². The van der Waals surface area contributed by atoms with Crippen LogP contribution in [0.1, 0.15) is 43.0 Å². The van der Waals surface area contributed by atoms with Gasteiger partial charge in [-0.25, -0.2) is 4.79 Å². The number of hydrogen-bond acceptors (Lipinski definition) is 4. The van der Waals surface area contributed by atoms with Crippen LogP contribution < -0.4 is 11.1 Å². The number of nitrogens with two attached hydrogens (primary N) is 1. The van der Waals surface area contributed by atoms with E-state index in [9.17, 15) is 4.79 Å². The van der Waals surface area contributed by atoms with Crippen LogP contribution in [-0.4, -0.2) is 19.6 Å². The summed E-state index contributed by atoms with van der Waals surface area (Å²) in [5.41, 5.74) is 7.76. The Morgan fingerprint density at radius 1 is 1.35 bits per heavy atom. The van der Waals surface area contributed by atoms with Crippen molar-refractivity contribution in [3.63, 3.8) is 0 Å².